The molecule has 2 aromatic rings. The van der Waals surface area contributed by atoms with E-state index in [4.69, 9.17) is 0 Å². The fourth-order valence-electron chi connectivity index (χ4n) is 1.70. The van der Waals surface area contributed by atoms with Gasteiger partial charge in [0, 0.05) is 11.9 Å². The molecular weight excluding hydrogens is 230 g/mol. The van der Waals surface area contributed by atoms with E-state index in [-0.39, 0.29) is 5.97 Å². The summed E-state index contributed by atoms with van der Waals surface area (Å²) >= 11 is 0. The number of ether oxygens (including phenoxy) is 1. The topological polar surface area (TPSA) is 64.1 Å². The number of aromatic nitrogens is 2. The van der Waals surface area contributed by atoms with Crippen molar-refractivity contribution in [3.8, 4) is 0 Å². The quantitative estimate of drug-likeness (QED) is 0.834. The summed E-state index contributed by atoms with van der Waals surface area (Å²) in [6.07, 6.45) is 1.83. The Hall–Kier alpha value is -2.17. The summed E-state index contributed by atoms with van der Waals surface area (Å²) < 4.78 is 4.58. The van der Waals surface area contributed by atoms with Gasteiger partial charge in [-0.2, -0.15) is 0 Å². The van der Waals surface area contributed by atoms with Gasteiger partial charge in [0.1, 0.15) is 12.1 Å². The van der Waals surface area contributed by atoms with Gasteiger partial charge in [-0.3, -0.25) is 4.79 Å². The molecule has 0 atom stereocenters. The lowest BCUT2D eigenvalue weighted by atomic mass is 10.1. The average Bonchev–Trinajstić information content (AvgIpc) is 2.39. The Bertz CT molecular complexity index is 569. The molecule has 1 aromatic carbocycles. The normalized spacial score (nSPS) is 10.3. The number of carbonyl (C=O) groups excluding carboxylic acids is 1. The molecule has 0 aliphatic rings. The molecule has 2 rings (SSSR count). The molecule has 1 aromatic heterocycles. The SMILES string of the molecule is COC(=O)CCNc1ncnc2ccc(C)cc12. The van der Waals surface area contributed by atoms with Gasteiger partial charge >= 0.3 is 5.97 Å². The maximum absolute atomic E-state index is 11.0. The molecule has 0 unspecified atom stereocenters. The van der Waals surface area contributed by atoms with Crippen molar-refractivity contribution in [1.29, 1.82) is 0 Å². The van der Waals surface area contributed by atoms with Gasteiger partial charge in [-0.25, -0.2) is 9.97 Å². The van der Waals surface area contributed by atoms with E-state index in [1.165, 1.54) is 13.4 Å². The summed E-state index contributed by atoms with van der Waals surface area (Å²) in [5.74, 6) is 0.504. The molecule has 0 saturated heterocycles. The molecule has 0 radical (unpaired) electrons. The molecule has 0 amide bonds. The van der Waals surface area contributed by atoms with Crippen LogP contribution in [0.2, 0.25) is 0 Å². The predicted octanol–water partition coefficient (Wildman–Crippen LogP) is 1.91. The first-order chi connectivity index (χ1) is 8.70. The molecule has 5 heteroatoms. The molecule has 0 aliphatic carbocycles. The summed E-state index contributed by atoms with van der Waals surface area (Å²) in [7, 11) is 1.38. The second-order valence-electron chi connectivity index (χ2n) is 4.00. The van der Waals surface area contributed by atoms with Crippen molar-refractivity contribution in [3.63, 3.8) is 0 Å². The lowest BCUT2D eigenvalue weighted by Crippen LogP contribution is -2.10. The maximum Gasteiger partial charge on any atom is 0.307 e. The third-order valence-corrected chi connectivity index (χ3v) is 2.64. The van der Waals surface area contributed by atoms with Gasteiger partial charge in [0.25, 0.3) is 0 Å². The van der Waals surface area contributed by atoms with Crippen LogP contribution in [0.4, 0.5) is 5.82 Å². The van der Waals surface area contributed by atoms with E-state index in [1.807, 2.05) is 25.1 Å². The number of hydrogen-bond acceptors (Lipinski definition) is 5. The number of anilines is 1. The number of nitrogens with zero attached hydrogens (tertiary/aromatic N) is 2. The summed E-state index contributed by atoms with van der Waals surface area (Å²) in [6, 6.07) is 5.99. The Morgan fingerprint density at radius 3 is 3.00 bits per heavy atom. The fraction of sp³-hybridized carbons (Fsp3) is 0.308. The number of methoxy groups -OCH3 is 1. The largest absolute Gasteiger partial charge is 0.469 e. The summed E-state index contributed by atoms with van der Waals surface area (Å²) in [5, 5.41) is 4.09. The lowest BCUT2D eigenvalue weighted by molar-refractivity contribution is -0.140. The van der Waals surface area contributed by atoms with Crippen LogP contribution in [-0.2, 0) is 9.53 Å². The number of hydrogen-bond donors (Lipinski definition) is 1. The van der Waals surface area contributed by atoms with Crippen LogP contribution in [0, 0.1) is 6.92 Å². The third-order valence-electron chi connectivity index (χ3n) is 2.64. The number of aryl methyl sites for hydroxylation is 1. The van der Waals surface area contributed by atoms with Gasteiger partial charge in [0.2, 0.25) is 0 Å². The van der Waals surface area contributed by atoms with Crippen molar-refractivity contribution in [1.82, 2.24) is 9.97 Å². The van der Waals surface area contributed by atoms with Crippen molar-refractivity contribution >= 4 is 22.7 Å². The Morgan fingerprint density at radius 2 is 2.22 bits per heavy atom. The number of nitrogens with one attached hydrogen (secondary N) is 1. The van der Waals surface area contributed by atoms with Gasteiger partial charge in [0.15, 0.2) is 0 Å². The summed E-state index contributed by atoms with van der Waals surface area (Å²) in [4.78, 5) is 19.4. The average molecular weight is 245 g/mol. The highest BCUT2D eigenvalue weighted by Crippen LogP contribution is 2.20. The molecule has 0 bridgehead atoms. The Morgan fingerprint density at radius 1 is 1.39 bits per heavy atom. The van der Waals surface area contributed by atoms with E-state index in [1.54, 1.807) is 0 Å². The zero-order valence-corrected chi connectivity index (χ0v) is 10.4. The number of carbonyl (C=O) groups is 1. The van der Waals surface area contributed by atoms with Crippen LogP contribution in [0.5, 0.6) is 0 Å². The first kappa shape index (κ1) is 12.3. The van der Waals surface area contributed by atoms with Crippen LogP contribution >= 0.6 is 0 Å². The third kappa shape index (κ3) is 2.74. The number of fused-ring (bicyclic) bond motifs is 1. The molecule has 1 N–H and O–H groups in total. The first-order valence-corrected chi connectivity index (χ1v) is 5.73. The van der Waals surface area contributed by atoms with Gasteiger partial charge in [0.05, 0.1) is 19.0 Å². The maximum atomic E-state index is 11.0. The number of benzene rings is 1. The van der Waals surface area contributed by atoms with Crippen molar-refractivity contribution in [2.45, 2.75) is 13.3 Å². The molecular formula is C13H15N3O2. The van der Waals surface area contributed by atoms with Gasteiger partial charge < -0.3 is 10.1 Å². The Labute approximate surface area is 105 Å². The highest BCUT2D eigenvalue weighted by molar-refractivity contribution is 5.89. The highest BCUT2D eigenvalue weighted by Gasteiger charge is 2.05. The minimum atomic E-state index is -0.239. The van der Waals surface area contributed by atoms with E-state index in [9.17, 15) is 4.79 Å². The molecule has 94 valence electrons. The minimum Gasteiger partial charge on any atom is -0.469 e. The lowest BCUT2D eigenvalue weighted by Gasteiger charge is -2.08. The van der Waals surface area contributed by atoms with E-state index in [0.717, 1.165) is 22.3 Å². The second-order valence-corrected chi connectivity index (χ2v) is 4.00. The van der Waals surface area contributed by atoms with E-state index in [0.29, 0.717) is 13.0 Å². The van der Waals surface area contributed by atoms with Crippen LogP contribution in [0.1, 0.15) is 12.0 Å². The van der Waals surface area contributed by atoms with Crippen molar-refractivity contribution in [2.24, 2.45) is 0 Å². The van der Waals surface area contributed by atoms with Crippen LogP contribution in [0.15, 0.2) is 24.5 Å². The van der Waals surface area contributed by atoms with Crippen LogP contribution < -0.4 is 5.32 Å². The molecule has 0 spiro atoms. The minimum absolute atomic E-state index is 0.239. The van der Waals surface area contributed by atoms with Crippen molar-refractivity contribution < 1.29 is 9.53 Å². The van der Waals surface area contributed by atoms with Crippen LogP contribution in [-0.4, -0.2) is 29.6 Å². The summed E-state index contributed by atoms with van der Waals surface area (Å²) in [6.45, 7) is 2.51. The first-order valence-electron chi connectivity index (χ1n) is 5.73. The fourth-order valence-corrected chi connectivity index (χ4v) is 1.70. The Kier molecular flexibility index (Phi) is 3.72. The van der Waals surface area contributed by atoms with Crippen molar-refractivity contribution in [3.05, 3.63) is 30.1 Å². The summed E-state index contributed by atoms with van der Waals surface area (Å²) in [5.41, 5.74) is 2.03. The van der Waals surface area contributed by atoms with Crippen LogP contribution in [0.3, 0.4) is 0 Å². The van der Waals surface area contributed by atoms with Crippen molar-refractivity contribution in [2.75, 3.05) is 19.0 Å². The standard InChI is InChI=1S/C13H15N3O2/c1-9-3-4-11-10(7-9)13(16-8-15-11)14-6-5-12(17)18-2/h3-4,7-8H,5-6H2,1-2H3,(H,14,15,16). The molecule has 18 heavy (non-hydrogen) atoms. The molecule has 1 heterocycles. The number of rotatable bonds is 4. The highest BCUT2D eigenvalue weighted by atomic mass is 16.5. The van der Waals surface area contributed by atoms with Gasteiger partial charge in [-0.1, -0.05) is 11.6 Å². The number of esters is 1. The van der Waals surface area contributed by atoms with E-state index in [2.05, 4.69) is 20.0 Å². The second kappa shape index (κ2) is 5.44. The smallest absolute Gasteiger partial charge is 0.307 e. The van der Waals surface area contributed by atoms with Gasteiger partial charge in [-0.05, 0) is 19.1 Å². The Balaban J connectivity index is 2.17. The molecule has 5 nitrogen and oxygen atoms in total. The predicted molar refractivity (Wildman–Crippen MR) is 69.4 cm³/mol. The van der Waals surface area contributed by atoms with Gasteiger partial charge in [-0.15, -0.1) is 0 Å². The van der Waals surface area contributed by atoms with E-state index < -0.39 is 0 Å². The zero-order valence-electron chi connectivity index (χ0n) is 10.4. The monoisotopic (exact) mass is 245 g/mol. The van der Waals surface area contributed by atoms with E-state index >= 15 is 0 Å². The zero-order chi connectivity index (χ0) is 13.0. The van der Waals surface area contributed by atoms with Crippen LogP contribution in [0.25, 0.3) is 10.9 Å². The molecule has 0 saturated carbocycles. The molecule has 0 fully saturated rings. The molecule has 0 aliphatic heterocycles.